The molecule has 0 saturated heterocycles. The van der Waals surface area contributed by atoms with Crippen molar-refractivity contribution in [3.05, 3.63) is 63.0 Å². The summed E-state index contributed by atoms with van der Waals surface area (Å²) in [5, 5.41) is 7.40. The molecule has 7 nitrogen and oxygen atoms in total. The topological polar surface area (TPSA) is 80.9 Å². The Morgan fingerprint density at radius 1 is 1.31 bits per heavy atom. The molecule has 0 atom stereocenters. The molecular weight excluding hydrogens is 396 g/mol. The molecule has 0 spiro atoms. The van der Waals surface area contributed by atoms with E-state index in [1.165, 1.54) is 4.52 Å². The first kappa shape index (κ1) is 16.7. The van der Waals surface area contributed by atoms with E-state index in [0.717, 1.165) is 26.9 Å². The molecule has 0 unspecified atom stereocenters. The first-order valence-electron chi connectivity index (χ1n) is 8.23. The monoisotopic (exact) mass is 412 g/mol. The van der Waals surface area contributed by atoms with Crippen LogP contribution in [0.1, 0.15) is 31.0 Å². The highest BCUT2D eigenvalue weighted by Crippen LogP contribution is 2.25. The Labute approximate surface area is 157 Å². The van der Waals surface area contributed by atoms with Gasteiger partial charge in [-0.2, -0.15) is 5.10 Å². The van der Waals surface area contributed by atoms with Crippen LogP contribution in [-0.2, 0) is 0 Å². The fraction of sp³-hybridized carbons (Fsp3) is 0.222. The second-order valence-electron chi connectivity index (χ2n) is 6.42. The number of pyridine rings is 1. The predicted molar refractivity (Wildman–Crippen MR) is 103 cm³/mol. The lowest BCUT2D eigenvalue weighted by Gasteiger charge is -2.08. The highest BCUT2D eigenvalue weighted by Gasteiger charge is 2.17. The summed E-state index contributed by atoms with van der Waals surface area (Å²) in [6.07, 6.45) is 7.10. The van der Waals surface area contributed by atoms with Crippen LogP contribution in [0.5, 0.6) is 0 Å². The average Bonchev–Trinajstić information content (AvgIpc) is 3.21. The minimum atomic E-state index is -0.0604. The summed E-state index contributed by atoms with van der Waals surface area (Å²) in [6.45, 7) is 5.87. The first-order valence-corrected chi connectivity index (χ1v) is 9.02. The summed E-state index contributed by atoms with van der Waals surface area (Å²) >= 11 is 3.44. The van der Waals surface area contributed by atoms with E-state index >= 15 is 0 Å². The van der Waals surface area contributed by atoms with Crippen molar-refractivity contribution in [1.82, 2.24) is 29.4 Å². The molecule has 4 aromatic heterocycles. The van der Waals surface area contributed by atoms with E-state index in [2.05, 4.69) is 36.1 Å². The molecule has 0 aliphatic rings. The number of hydrogen-bond acceptors (Lipinski definition) is 4. The lowest BCUT2D eigenvalue weighted by molar-refractivity contribution is 0.780. The second-order valence-corrected chi connectivity index (χ2v) is 7.34. The zero-order valence-corrected chi connectivity index (χ0v) is 16.1. The Hall–Kier alpha value is -2.74. The molecule has 4 aromatic rings. The molecule has 0 aliphatic carbocycles. The molecule has 1 N–H and O–H groups in total. The summed E-state index contributed by atoms with van der Waals surface area (Å²) in [7, 11) is 0. The summed E-state index contributed by atoms with van der Waals surface area (Å²) in [5.41, 5.74) is 3.70. The smallest absolute Gasteiger partial charge is 0.276 e. The standard InChI is InChI=1S/C18H17BrN6O/c1-10(2)16-11(3)23-17-14(8-22-25(17)18(16)26)12-7-21-24(9-12)15-6-13(19)4-5-20-15/h4-10,22H,1-3H3. The molecule has 0 bridgehead atoms. The predicted octanol–water partition coefficient (Wildman–Crippen LogP) is 3.46. The Bertz CT molecular complexity index is 1170. The molecular formula is C18H17BrN6O. The minimum Gasteiger partial charge on any atom is -0.296 e. The maximum atomic E-state index is 12.8. The Morgan fingerprint density at radius 2 is 2.12 bits per heavy atom. The van der Waals surface area contributed by atoms with Crippen LogP contribution >= 0.6 is 15.9 Å². The van der Waals surface area contributed by atoms with Crippen LogP contribution in [0.3, 0.4) is 0 Å². The van der Waals surface area contributed by atoms with Crippen LogP contribution in [0.15, 0.2) is 46.2 Å². The molecule has 4 rings (SSSR count). The zero-order chi connectivity index (χ0) is 18.4. The van der Waals surface area contributed by atoms with Crippen LogP contribution in [0.4, 0.5) is 0 Å². The molecule has 0 aromatic carbocycles. The molecule has 0 amide bonds. The highest BCUT2D eigenvalue weighted by atomic mass is 79.9. The Morgan fingerprint density at radius 3 is 2.85 bits per heavy atom. The third kappa shape index (κ3) is 2.66. The third-order valence-corrected chi connectivity index (χ3v) is 4.79. The summed E-state index contributed by atoms with van der Waals surface area (Å²) in [5.74, 6) is 0.817. The van der Waals surface area contributed by atoms with E-state index in [4.69, 9.17) is 0 Å². The van der Waals surface area contributed by atoms with Crippen LogP contribution in [0.25, 0.3) is 22.6 Å². The van der Waals surface area contributed by atoms with Gasteiger partial charge in [0.25, 0.3) is 5.56 Å². The van der Waals surface area contributed by atoms with Crippen LogP contribution < -0.4 is 5.56 Å². The van der Waals surface area contributed by atoms with E-state index < -0.39 is 0 Å². The Kier molecular flexibility index (Phi) is 3.99. The molecule has 132 valence electrons. The number of fused-ring (bicyclic) bond motifs is 1. The van der Waals surface area contributed by atoms with Crippen molar-refractivity contribution < 1.29 is 0 Å². The summed E-state index contributed by atoms with van der Waals surface area (Å²) < 4.78 is 4.11. The van der Waals surface area contributed by atoms with Crippen molar-refractivity contribution in [3.63, 3.8) is 0 Å². The SMILES string of the molecule is Cc1nc2c(-c3cnn(-c4cc(Br)ccn4)c3)c[nH]n2c(=O)c1C(C)C. The number of aromatic nitrogens is 6. The summed E-state index contributed by atoms with van der Waals surface area (Å²) in [4.78, 5) is 21.7. The second kappa shape index (κ2) is 6.21. The molecule has 8 heteroatoms. The maximum absolute atomic E-state index is 12.8. The lowest BCUT2D eigenvalue weighted by Crippen LogP contribution is -2.22. The van der Waals surface area contributed by atoms with Gasteiger partial charge in [-0.05, 0) is 25.0 Å². The van der Waals surface area contributed by atoms with Gasteiger partial charge in [0.2, 0.25) is 0 Å². The minimum absolute atomic E-state index is 0.0604. The molecule has 4 heterocycles. The molecule has 0 radical (unpaired) electrons. The van der Waals surface area contributed by atoms with E-state index in [1.807, 2.05) is 39.1 Å². The van der Waals surface area contributed by atoms with Crippen molar-refractivity contribution in [1.29, 1.82) is 0 Å². The van der Waals surface area contributed by atoms with E-state index in [-0.39, 0.29) is 11.5 Å². The number of H-pyrrole nitrogens is 1. The normalized spacial score (nSPS) is 11.6. The fourth-order valence-corrected chi connectivity index (χ4v) is 3.44. The van der Waals surface area contributed by atoms with Gasteiger partial charge in [0.15, 0.2) is 11.5 Å². The Balaban J connectivity index is 1.85. The van der Waals surface area contributed by atoms with Gasteiger partial charge in [-0.25, -0.2) is 19.2 Å². The highest BCUT2D eigenvalue weighted by molar-refractivity contribution is 9.10. The number of rotatable bonds is 3. The molecule has 0 saturated carbocycles. The molecule has 26 heavy (non-hydrogen) atoms. The van der Waals surface area contributed by atoms with Gasteiger partial charge in [0, 0.05) is 45.4 Å². The van der Waals surface area contributed by atoms with E-state index in [1.54, 1.807) is 23.3 Å². The maximum Gasteiger partial charge on any atom is 0.276 e. The number of halogens is 1. The molecule has 0 aliphatic heterocycles. The quantitative estimate of drug-likeness (QED) is 0.558. The fourth-order valence-electron chi connectivity index (χ4n) is 3.12. The van der Waals surface area contributed by atoms with Crippen LogP contribution in [0.2, 0.25) is 0 Å². The van der Waals surface area contributed by atoms with Gasteiger partial charge < -0.3 is 0 Å². The van der Waals surface area contributed by atoms with E-state index in [0.29, 0.717) is 11.5 Å². The number of hydrogen-bond donors (Lipinski definition) is 1. The number of aromatic amines is 1. The van der Waals surface area contributed by atoms with E-state index in [9.17, 15) is 4.79 Å². The van der Waals surface area contributed by atoms with Gasteiger partial charge in [-0.1, -0.05) is 29.8 Å². The lowest BCUT2D eigenvalue weighted by atomic mass is 10.0. The van der Waals surface area contributed by atoms with Gasteiger partial charge in [0.1, 0.15) is 0 Å². The number of aryl methyl sites for hydroxylation is 1. The van der Waals surface area contributed by atoms with Gasteiger partial charge in [-0.3, -0.25) is 9.89 Å². The van der Waals surface area contributed by atoms with Crippen LogP contribution in [-0.4, -0.2) is 29.4 Å². The first-order chi connectivity index (χ1) is 12.5. The van der Waals surface area contributed by atoms with Crippen molar-refractivity contribution >= 4 is 21.6 Å². The number of nitrogens with one attached hydrogen (secondary N) is 1. The zero-order valence-electron chi connectivity index (χ0n) is 14.6. The van der Waals surface area contributed by atoms with Crippen LogP contribution in [0, 0.1) is 6.92 Å². The average molecular weight is 413 g/mol. The number of nitrogens with zero attached hydrogens (tertiary/aromatic N) is 5. The summed E-state index contributed by atoms with van der Waals surface area (Å²) in [6, 6.07) is 3.74. The van der Waals surface area contributed by atoms with Gasteiger partial charge >= 0.3 is 0 Å². The van der Waals surface area contributed by atoms with Gasteiger partial charge in [-0.15, -0.1) is 0 Å². The van der Waals surface area contributed by atoms with Gasteiger partial charge in [0.05, 0.1) is 6.20 Å². The van der Waals surface area contributed by atoms with Crippen molar-refractivity contribution in [2.45, 2.75) is 26.7 Å². The largest absolute Gasteiger partial charge is 0.296 e. The molecule has 0 fully saturated rings. The third-order valence-electron chi connectivity index (χ3n) is 4.30. The van der Waals surface area contributed by atoms with Crippen molar-refractivity contribution in [2.24, 2.45) is 0 Å². The van der Waals surface area contributed by atoms with Crippen molar-refractivity contribution in [3.8, 4) is 16.9 Å². The van der Waals surface area contributed by atoms with Crippen molar-refractivity contribution in [2.75, 3.05) is 0 Å².